The number of carbonyl (C=O) groups excluding carboxylic acids is 1. The van der Waals surface area contributed by atoms with Gasteiger partial charge in [-0.25, -0.2) is 0 Å². The van der Waals surface area contributed by atoms with E-state index in [9.17, 15) is 4.79 Å². The van der Waals surface area contributed by atoms with E-state index in [4.69, 9.17) is 4.42 Å². The van der Waals surface area contributed by atoms with Gasteiger partial charge in [0, 0.05) is 29.1 Å². The maximum Gasteiger partial charge on any atom is 0.236 e. The quantitative estimate of drug-likeness (QED) is 0.672. The average Bonchev–Trinajstić information content (AvgIpc) is 3.04. The van der Waals surface area contributed by atoms with Gasteiger partial charge in [-0.1, -0.05) is 25.1 Å². The number of aldehydes is 1. The number of hydrogen-bond donors (Lipinski definition) is 0. The van der Waals surface area contributed by atoms with Crippen LogP contribution in [0.5, 0.6) is 0 Å². The lowest BCUT2D eigenvalue weighted by atomic mass is 10.2. The van der Waals surface area contributed by atoms with Crippen LogP contribution in [0.15, 0.2) is 34.9 Å². The van der Waals surface area contributed by atoms with Gasteiger partial charge in [0.1, 0.15) is 6.54 Å². The highest BCUT2D eigenvalue weighted by Gasteiger charge is 2.10. The van der Waals surface area contributed by atoms with Gasteiger partial charge in [0.05, 0.1) is 0 Å². The van der Waals surface area contributed by atoms with Crippen molar-refractivity contribution in [1.82, 2.24) is 14.8 Å². The molecule has 3 rings (SSSR count). The number of para-hydroxylation sites is 1. The first-order valence-corrected chi connectivity index (χ1v) is 6.16. The minimum absolute atomic E-state index is 0.474. The van der Waals surface area contributed by atoms with Gasteiger partial charge in [-0.2, -0.15) is 0 Å². The van der Waals surface area contributed by atoms with E-state index in [0.717, 1.165) is 23.6 Å². The minimum Gasteiger partial charge on any atom is -0.423 e. The van der Waals surface area contributed by atoms with Gasteiger partial charge < -0.3 is 8.98 Å². The van der Waals surface area contributed by atoms with Crippen LogP contribution in [0.3, 0.4) is 0 Å². The number of rotatable bonds is 4. The average molecular weight is 255 g/mol. The second-order valence-corrected chi connectivity index (χ2v) is 4.29. The molecular formula is C14H13N3O2. The topological polar surface area (TPSA) is 60.9 Å². The van der Waals surface area contributed by atoms with Crippen molar-refractivity contribution in [3.05, 3.63) is 47.8 Å². The van der Waals surface area contributed by atoms with Gasteiger partial charge >= 0.3 is 0 Å². The summed E-state index contributed by atoms with van der Waals surface area (Å²) >= 11 is 0. The van der Waals surface area contributed by atoms with E-state index in [0.29, 0.717) is 23.9 Å². The normalized spacial score (nSPS) is 11.0. The summed E-state index contributed by atoms with van der Waals surface area (Å²) in [6.07, 6.45) is 3.40. The fraction of sp³-hybridized carbons (Fsp3) is 0.214. The van der Waals surface area contributed by atoms with Crippen LogP contribution in [0.4, 0.5) is 0 Å². The molecule has 2 heterocycles. The zero-order valence-electron chi connectivity index (χ0n) is 10.5. The van der Waals surface area contributed by atoms with Crippen LogP contribution in [0, 0.1) is 0 Å². The number of hydrogen-bond acceptors (Lipinski definition) is 4. The summed E-state index contributed by atoms with van der Waals surface area (Å²) in [5.74, 6) is 1.18. The largest absolute Gasteiger partial charge is 0.423 e. The molecule has 0 amide bonds. The lowest BCUT2D eigenvalue weighted by Gasteiger charge is -2.00. The Bertz CT molecular complexity index is 727. The number of aromatic nitrogens is 3. The molecule has 5 nitrogen and oxygen atoms in total. The van der Waals surface area contributed by atoms with E-state index in [-0.39, 0.29) is 0 Å². The molecule has 3 aromatic rings. The van der Waals surface area contributed by atoms with Crippen LogP contribution in [0.2, 0.25) is 0 Å². The number of nitrogens with zero attached hydrogens (tertiary/aromatic N) is 3. The summed E-state index contributed by atoms with van der Waals surface area (Å²) in [6.45, 7) is 2.44. The van der Waals surface area contributed by atoms with Crippen molar-refractivity contribution in [2.24, 2.45) is 0 Å². The molecule has 2 aromatic heterocycles. The molecule has 0 aliphatic rings. The van der Waals surface area contributed by atoms with Gasteiger partial charge in [0.2, 0.25) is 11.8 Å². The van der Waals surface area contributed by atoms with Gasteiger partial charge in [-0.15, -0.1) is 10.2 Å². The number of carbonyl (C=O) groups is 1. The molecule has 0 radical (unpaired) electrons. The van der Waals surface area contributed by atoms with Crippen LogP contribution in [0.25, 0.3) is 10.9 Å². The first kappa shape index (κ1) is 11.6. The molecule has 0 fully saturated rings. The van der Waals surface area contributed by atoms with Crippen LogP contribution in [-0.2, 0) is 13.0 Å². The molecule has 0 N–H and O–H groups in total. The third-order valence-electron chi connectivity index (χ3n) is 3.06. The van der Waals surface area contributed by atoms with Crippen LogP contribution < -0.4 is 0 Å². The summed E-state index contributed by atoms with van der Waals surface area (Å²) < 4.78 is 7.45. The van der Waals surface area contributed by atoms with Crippen molar-refractivity contribution in [2.75, 3.05) is 0 Å². The predicted molar refractivity (Wildman–Crippen MR) is 70.1 cm³/mol. The molecule has 1 aromatic carbocycles. The van der Waals surface area contributed by atoms with Crippen LogP contribution >= 0.6 is 0 Å². The Morgan fingerprint density at radius 2 is 2.05 bits per heavy atom. The Labute approximate surface area is 109 Å². The maximum atomic E-state index is 11.1. The Balaban J connectivity index is 2.02. The molecule has 0 saturated heterocycles. The third kappa shape index (κ3) is 2.03. The molecule has 19 heavy (non-hydrogen) atoms. The van der Waals surface area contributed by atoms with Gasteiger partial charge in [0.25, 0.3) is 0 Å². The van der Waals surface area contributed by atoms with E-state index >= 15 is 0 Å². The molecule has 0 unspecified atom stereocenters. The Hall–Kier alpha value is -2.43. The maximum absolute atomic E-state index is 11.1. The van der Waals surface area contributed by atoms with E-state index < -0.39 is 0 Å². The standard InChI is InChI=1S/C14H13N3O2/c1-2-13-15-16-14(19-13)8-17-7-10(9-18)11-5-3-4-6-12(11)17/h3-7,9H,2,8H2,1H3. The Morgan fingerprint density at radius 3 is 2.79 bits per heavy atom. The van der Waals surface area contributed by atoms with Crippen molar-refractivity contribution < 1.29 is 9.21 Å². The van der Waals surface area contributed by atoms with Gasteiger partial charge in [0.15, 0.2) is 6.29 Å². The van der Waals surface area contributed by atoms with Gasteiger partial charge in [-0.3, -0.25) is 4.79 Å². The van der Waals surface area contributed by atoms with E-state index in [2.05, 4.69) is 10.2 Å². The molecule has 0 aliphatic carbocycles. The van der Waals surface area contributed by atoms with Crippen molar-refractivity contribution in [1.29, 1.82) is 0 Å². The third-order valence-corrected chi connectivity index (χ3v) is 3.06. The lowest BCUT2D eigenvalue weighted by Crippen LogP contribution is -1.98. The van der Waals surface area contributed by atoms with Crippen molar-refractivity contribution in [3.63, 3.8) is 0 Å². The molecule has 5 heteroatoms. The minimum atomic E-state index is 0.474. The SMILES string of the molecule is CCc1nnc(Cn2cc(C=O)c3ccccc32)o1. The molecule has 0 aliphatic heterocycles. The van der Waals surface area contributed by atoms with Crippen LogP contribution in [0.1, 0.15) is 29.1 Å². The fourth-order valence-corrected chi connectivity index (χ4v) is 2.14. The zero-order chi connectivity index (χ0) is 13.2. The van der Waals surface area contributed by atoms with E-state index in [1.165, 1.54) is 0 Å². The Morgan fingerprint density at radius 1 is 1.26 bits per heavy atom. The van der Waals surface area contributed by atoms with E-state index in [1.807, 2.05) is 42.0 Å². The van der Waals surface area contributed by atoms with Gasteiger partial charge in [-0.05, 0) is 6.07 Å². The molecular weight excluding hydrogens is 242 g/mol. The number of fused-ring (bicyclic) bond motifs is 1. The smallest absolute Gasteiger partial charge is 0.236 e. The molecule has 0 atom stereocenters. The summed E-state index contributed by atoms with van der Waals surface area (Å²) in [6, 6.07) is 7.76. The summed E-state index contributed by atoms with van der Waals surface area (Å²) in [5, 5.41) is 8.87. The van der Waals surface area contributed by atoms with E-state index in [1.54, 1.807) is 0 Å². The number of benzene rings is 1. The van der Waals surface area contributed by atoms with Crippen molar-refractivity contribution in [2.45, 2.75) is 19.9 Å². The second kappa shape index (κ2) is 4.68. The van der Waals surface area contributed by atoms with Crippen molar-refractivity contribution >= 4 is 17.2 Å². The molecule has 0 spiro atoms. The fourth-order valence-electron chi connectivity index (χ4n) is 2.14. The van der Waals surface area contributed by atoms with Crippen LogP contribution in [-0.4, -0.2) is 21.1 Å². The molecule has 96 valence electrons. The predicted octanol–water partition coefficient (Wildman–Crippen LogP) is 2.45. The zero-order valence-corrected chi connectivity index (χ0v) is 10.5. The molecule has 0 bridgehead atoms. The first-order valence-electron chi connectivity index (χ1n) is 6.16. The monoisotopic (exact) mass is 255 g/mol. The summed E-state index contributed by atoms with van der Waals surface area (Å²) in [4.78, 5) is 11.1. The first-order chi connectivity index (χ1) is 9.31. The highest BCUT2D eigenvalue weighted by atomic mass is 16.4. The highest BCUT2D eigenvalue weighted by Crippen LogP contribution is 2.20. The molecule has 0 saturated carbocycles. The highest BCUT2D eigenvalue weighted by molar-refractivity contribution is 5.97. The van der Waals surface area contributed by atoms with Crippen molar-refractivity contribution in [3.8, 4) is 0 Å². The summed E-state index contributed by atoms with van der Waals surface area (Å²) in [5.41, 5.74) is 1.66. The summed E-state index contributed by atoms with van der Waals surface area (Å²) in [7, 11) is 0. The number of aryl methyl sites for hydroxylation is 1. The Kier molecular flexibility index (Phi) is 2.87. The lowest BCUT2D eigenvalue weighted by molar-refractivity contribution is 0.112. The second-order valence-electron chi connectivity index (χ2n) is 4.29.